The molecule has 0 aliphatic rings. The van der Waals surface area contributed by atoms with E-state index >= 15 is 0 Å². The number of hydrogen-bond donors (Lipinski definition) is 1. The van der Waals surface area contributed by atoms with Crippen LogP contribution in [0.25, 0.3) is 21.9 Å². The summed E-state index contributed by atoms with van der Waals surface area (Å²) in [6.45, 7) is 0. The molecule has 1 atom stereocenters. The number of nitrogens with one attached hydrogen (secondary N) is 1. The lowest BCUT2D eigenvalue weighted by molar-refractivity contribution is 0.0912. The van der Waals surface area contributed by atoms with E-state index in [2.05, 4.69) is 5.32 Å². The van der Waals surface area contributed by atoms with Crippen molar-refractivity contribution in [1.82, 2.24) is 5.32 Å². The zero-order valence-corrected chi connectivity index (χ0v) is 15.9. The third-order valence-corrected chi connectivity index (χ3v) is 5.00. The van der Waals surface area contributed by atoms with Crippen LogP contribution in [-0.4, -0.2) is 5.91 Å². The number of carbonyl (C=O) groups excluding carboxylic acids is 1. The first-order chi connectivity index (χ1) is 14.7. The van der Waals surface area contributed by atoms with Crippen LogP contribution in [0.5, 0.6) is 0 Å². The first-order valence-electron chi connectivity index (χ1n) is 9.56. The molecule has 5 heteroatoms. The third kappa shape index (κ3) is 3.26. The normalized spacial score (nSPS) is 12.1. The minimum Gasteiger partial charge on any atom is -0.459 e. The van der Waals surface area contributed by atoms with Gasteiger partial charge in [-0.3, -0.25) is 9.59 Å². The molecule has 5 rings (SSSR count). The smallest absolute Gasteiger partial charge is 0.288 e. The summed E-state index contributed by atoms with van der Waals surface area (Å²) in [6.07, 6.45) is 0. The van der Waals surface area contributed by atoms with Crippen LogP contribution in [0, 0.1) is 0 Å². The van der Waals surface area contributed by atoms with Crippen molar-refractivity contribution in [2.24, 2.45) is 0 Å². The van der Waals surface area contributed by atoms with Gasteiger partial charge in [0.2, 0.25) is 0 Å². The van der Waals surface area contributed by atoms with Crippen molar-refractivity contribution in [3.63, 3.8) is 0 Å². The Morgan fingerprint density at radius 2 is 1.47 bits per heavy atom. The molecular formula is C25H17NO4. The van der Waals surface area contributed by atoms with Crippen molar-refractivity contribution in [3.05, 3.63) is 118 Å². The van der Waals surface area contributed by atoms with Gasteiger partial charge in [0.15, 0.2) is 11.2 Å². The predicted octanol–water partition coefficient (Wildman–Crippen LogP) is 5.06. The second-order valence-electron chi connectivity index (χ2n) is 6.97. The molecule has 1 amide bonds. The van der Waals surface area contributed by atoms with Gasteiger partial charge in [0.1, 0.15) is 23.0 Å². The Morgan fingerprint density at radius 3 is 2.27 bits per heavy atom. The number of rotatable bonds is 4. The molecule has 0 spiro atoms. The van der Waals surface area contributed by atoms with Crippen LogP contribution < -0.4 is 10.7 Å². The van der Waals surface area contributed by atoms with Crippen LogP contribution in [-0.2, 0) is 0 Å². The van der Waals surface area contributed by atoms with Crippen LogP contribution in [0.4, 0.5) is 0 Å². The number of benzene rings is 3. The summed E-state index contributed by atoms with van der Waals surface area (Å²) in [5.41, 5.74) is 1.70. The van der Waals surface area contributed by atoms with Gasteiger partial charge in [-0.25, -0.2) is 0 Å². The Labute approximate surface area is 171 Å². The molecule has 0 aliphatic carbocycles. The van der Waals surface area contributed by atoms with Gasteiger partial charge in [-0.05, 0) is 29.8 Å². The Balaban J connectivity index is 1.55. The lowest BCUT2D eigenvalue weighted by atomic mass is 10.0. The highest BCUT2D eigenvalue weighted by Gasteiger charge is 2.23. The van der Waals surface area contributed by atoms with E-state index in [1.165, 1.54) is 6.07 Å². The Bertz CT molecular complexity index is 1380. The number of fused-ring (bicyclic) bond motifs is 2. The number of amides is 1. The van der Waals surface area contributed by atoms with E-state index in [1.807, 2.05) is 60.7 Å². The van der Waals surface area contributed by atoms with E-state index in [1.54, 1.807) is 24.3 Å². The highest BCUT2D eigenvalue weighted by atomic mass is 16.3. The van der Waals surface area contributed by atoms with E-state index in [0.29, 0.717) is 16.7 Å². The van der Waals surface area contributed by atoms with Gasteiger partial charge in [0, 0.05) is 11.5 Å². The average molecular weight is 395 g/mol. The molecule has 5 aromatic rings. The Morgan fingerprint density at radius 1 is 0.767 bits per heavy atom. The summed E-state index contributed by atoms with van der Waals surface area (Å²) < 4.78 is 11.7. The van der Waals surface area contributed by atoms with Gasteiger partial charge >= 0.3 is 0 Å². The van der Waals surface area contributed by atoms with Crippen molar-refractivity contribution in [2.45, 2.75) is 6.04 Å². The van der Waals surface area contributed by atoms with Crippen molar-refractivity contribution in [2.75, 3.05) is 0 Å². The molecule has 0 radical (unpaired) electrons. The zero-order chi connectivity index (χ0) is 20.5. The van der Waals surface area contributed by atoms with Crippen molar-refractivity contribution in [3.8, 4) is 0 Å². The number of hydrogen-bond acceptors (Lipinski definition) is 4. The van der Waals surface area contributed by atoms with Crippen LogP contribution in [0.1, 0.15) is 27.9 Å². The maximum atomic E-state index is 13.0. The van der Waals surface area contributed by atoms with Crippen LogP contribution in [0.15, 0.2) is 105 Å². The minimum absolute atomic E-state index is 0.0456. The molecular weight excluding hydrogens is 378 g/mol. The number of para-hydroxylation sites is 2. The molecule has 0 bridgehead atoms. The fourth-order valence-electron chi connectivity index (χ4n) is 3.53. The van der Waals surface area contributed by atoms with Gasteiger partial charge in [0.25, 0.3) is 5.91 Å². The number of furan rings is 1. The standard InChI is InChI=1S/C25H17NO4/c27-19-15-23(30-21-13-7-5-11-18(19)21)25(28)26-24(16-8-2-1-3-9-16)22-14-17-10-4-6-12-20(17)29-22/h1-15,24H,(H,26,28). The van der Waals surface area contributed by atoms with Crippen LogP contribution in [0.2, 0.25) is 0 Å². The van der Waals surface area contributed by atoms with E-state index in [-0.39, 0.29) is 11.2 Å². The number of carbonyl (C=O) groups is 1. The van der Waals surface area contributed by atoms with E-state index in [0.717, 1.165) is 16.5 Å². The fourth-order valence-corrected chi connectivity index (χ4v) is 3.53. The summed E-state index contributed by atoms with van der Waals surface area (Å²) in [5.74, 6) is 0.0572. The molecule has 3 aromatic carbocycles. The molecule has 0 fully saturated rings. The summed E-state index contributed by atoms with van der Waals surface area (Å²) in [6, 6.07) is 26.6. The van der Waals surface area contributed by atoms with Gasteiger partial charge in [0.05, 0.1) is 5.39 Å². The lowest BCUT2D eigenvalue weighted by Gasteiger charge is -2.17. The zero-order valence-electron chi connectivity index (χ0n) is 15.9. The maximum Gasteiger partial charge on any atom is 0.288 e. The van der Waals surface area contributed by atoms with E-state index in [9.17, 15) is 9.59 Å². The maximum absolute atomic E-state index is 13.0. The van der Waals surface area contributed by atoms with Crippen LogP contribution in [0.3, 0.4) is 0 Å². The molecule has 0 saturated carbocycles. The first-order valence-corrected chi connectivity index (χ1v) is 9.56. The topological polar surface area (TPSA) is 72.5 Å². The molecule has 5 nitrogen and oxygen atoms in total. The molecule has 0 saturated heterocycles. The largest absolute Gasteiger partial charge is 0.459 e. The molecule has 146 valence electrons. The SMILES string of the molecule is O=C(NC(c1ccccc1)c1cc2ccccc2o1)c1cc(=O)c2ccccc2o1. The molecule has 1 N–H and O–H groups in total. The van der Waals surface area contributed by atoms with Crippen molar-refractivity contribution >= 4 is 27.8 Å². The molecule has 1 unspecified atom stereocenters. The monoisotopic (exact) mass is 395 g/mol. The Hall–Kier alpha value is -4.12. The van der Waals surface area contributed by atoms with Gasteiger partial charge in [-0.15, -0.1) is 0 Å². The second-order valence-corrected chi connectivity index (χ2v) is 6.97. The summed E-state index contributed by atoms with van der Waals surface area (Å²) in [7, 11) is 0. The Kier molecular flexibility index (Phi) is 4.41. The fraction of sp³-hybridized carbons (Fsp3) is 0.0400. The molecule has 2 heterocycles. The predicted molar refractivity (Wildman–Crippen MR) is 114 cm³/mol. The third-order valence-electron chi connectivity index (χ3n) is 5.00. The van der Waals surface area contributed by atoms with E-state index < -0.39 is 11.9 Å². The highest BCUT2D eigenvalue weighted by Crippen LogP contribution is 2.28. The van der Waals surface area contributed by atoms with Crippen molar-refractivity contribution in [1.29, 1.82) is 0 Å². The molecule has 30 heavy (non-hydrogen) atoms. The average Bonchev–Trinajstić information content (AvgIpc) is 3.22. The van der Waals surface area contributed by atoms with E-state index in [4.69, 9.17) is 8.83 Å². The van der Waals surface area contributed by atoms with Gasteiger partial charge in [-0.2, -0.15) is 0 Å². The lowest BCUT2D eigenvalue weighted by Crippen LogP contribution is -2.29. The summed E-state index contributed by atoms with van der Waals surface area (Å²) >= 11 is 0. The summed E-state index contributed by atoms with van der Waals surface area (Å²) in [4.78, 5) is 25.4. The van der Waals surface area contributed by atoms with Gasteiger partial charge in [-0.1, -0.05) is 60.7 Å². The van der Waals surface area contributed by atoms with Crippen LogP contribution >= 0.6 is 0 Å². The highest BCUT2D eigenvalue weighted by molar-refractivity contribution is 5.93. The molecule has 0 aliphatic heterocycles. The molecule has 2 aromatic heterocycles. The second kappa shape index (κ2) is 7.37. The minimum atomic E-state index is -0.539. The van der Waals surface area contributed by atoms with Crippen molar-refractivity contribution < 1.29 is 13.6 Å². The first kappa shape index (κ1) is 17.9. The quantitative estimate of drug-likeness (QED) is 0.462. The van der Waals surface area contributed by atoms with Gasteiger partial charge < -0.3 is 14.2 Å². The summed E-state index contributed by atoms with van der Waals surface area (Å²) in [5, 5.41) is 4.33.